The van der Waals surface area contributed by atoms with E-state index < -0.39 is 11.6 Å². The van der Waals surface area contributed by atoms with E-state index in [0.717, 1.165) is 5.56 Å². The number of primary amides is 1. The summed E-state index contributed by atoms with van der Waals surface area (Å²) in [5, 5.41) is 9.53. The average molecular weight is 403 g/mol. The molecule has 0 saturated carbocycles. The van der Waals surface area contributed by atoms with Crippen molar-refractivity contribution in [1.29, 1.82) is 0 Å². The lowest BCUT2D eigenvalue weighted by atomic mass is 9.87. The monoisotopic (exact) mass is 403 g/mol. The zero-order chi connectivity index (χ0) is 21.6. The number of amides is 1. The third-order valence-electron chi connectivity index (χ3n) is 4.89. The number of nitrogens with one attached hydrogen (secondary N) is 1. The van der Waals surface area contributed by atoms with Crippen LogP contribution in [0.15, 0.2) is 53.3 Å². The number of nitrogens with zero attached hydrogens (tertiary/aromatic N) is 3. The lowest BCUT2D eigenvalue weighted by Crippen LogP contribution is -2.16. The van der Waals surface area contributed by atoms with Crippen molar-refractivity contribution in [3.63, 3.8) is 0 Å². The first-order valence-corrected chi connectivity index (χ1v) is 9.38. The Morgan fingerprint density at radius 3 is 2.23 bits per heavy atom. The summed E-state index contributed by atoms with van der Waals surface area (Å²) in [5.41, 5.74) is 7.67. The maximum atomic E-state index is 12.7. The van der Waals surface area contributed by atoms with Crippen LogP contribution in [-0.4, -0.2) is 30.5 Å². The van der Waals surface area contributed by atoms with Crippen LogP contribution >= 0.6 is 0 Å². The van der Waals surface area contributed by atoms with Crippen LogP contribution in [-0.2, 0) is 5.41 Å². The van der Waals surface area contributed by atoms with E-state index in [1.807, 2.05) is 24.3 Å². The van der Waals surface area contributed by atoms with Gasteiger partial charge in [0.2, 0.25) is 0 Å². The molecule has 0 saturated heterocycles. The van der Waals surface area contributed by atoms with Gasteiger partial charge in [0.25, 0.3) is 5.91 Å². The van der Waals surface area contributed by atoms with Crippen molar-refractivity contribution < 1.29 is 9.90 Å². The Morgan fingerprint density at radius 1 is 1.03 bits per heavy atom. The van der Waals surface area contributed by atoms with Gasteiger partial charge in [0.15, 0.2) is 17.2 Å². The number of benzene rings is 2. The van der Waals surface area contributed by atoms with Crippen molar-refractivity contribution in [2.45, 2.75) is 26.2 Å². The van der Waals surface area contributed by atoms with Crippen molar-refractivity contribution in [2.75, 3.05) is 0 Å². The molecule has 30 heavy (non-hydrogen) atoms. The van der Waals surface area contributed by atoms with Gasteiger partial charge in [-0.25, -0.2) is 19.3 Å². The van der Waals surface area contributed by atoms with E-state index in [-0.39, 0.29) is 33.8 Å². The minimum absolute atomic E-state index is 0.0307. The Bertz CT molecular complexity index is 1310. The van der Waals surface area contributed by atoms with Crippen molar-refractivity contribution >= 4 is 17.1 Å². The molecule has 0 atom stereocenters. The van der Waals surface area contributed by atoms with E-state index in [9.17, 15) is 14.7 Å². The highest BCUT2D eigenvalue weighted by molar-refractivity contribution is 6.02. The van der Waals surface area contributed by atoms with Crippen LogP contribution in [0.2, 0.25) is 0 Å². The molecule has 0 radical (unpaired) electrons. The molecule has 2 aromatic carbocycles. The first-order chi connectivity index (χ1) is 14.1. The molecule has 0 fully saturated rings. The average Bonchev–Trinajstić information content (AvgIpc) is 3.02. The fraction of sp³-hybridized carbons (Fsp3) is 0.182. The number of phenols is 1. The Hall–Kier alpha value is -3.94. The Balaban J connectivity index is 1.97. The van der Waals surface area contributed by atoms with Gasteiger partial charge in [-0.05, 0) is 47.4 Å². The smallest absolute Gasteiger partial charge is 0.332 e. The van der Waals surface area contributed by atoms with Crippen LogP contribution in [0.4, 0.5) is 0 Å². The zero-order valence-corrected chi connectivity index (χ0v) is 16.8. The third-order valence-corrected chi connectivity index (χ3v) is 4.89. The first kappa shape index (κ1) is 19.4. The number of H-pyrrole nitrogens is 1. The number of hydrogen-bond donors (Lipinski definition) is 3. The third kappa shape index (κ3) is 3.32. The summed E-state index contributed by atoms with van der Waals surface area (Å²) in [7, 11) is 0. The van der Waals surface area contributed by atoms with Crippen LogP contribution < -0.4 is 11.4 Å². The molecule has 0 spiro atoms. The number of fused-ring (bicyclic) bond motifs is 1. The Morgan fingerprint density at radius 2 is 1.67 bits per heavy atom. The molecule has 152 valence electrons. The number of aromatic hydroxyl groups is 1. The number of rotatable bonds is 3. The van der Waals surface area contributed by atoms with Gasteiger partial charge in [0.05, 0.1) is 5.69 Å². The number of nitrogens with two attached hydrogens (primary N) is 1. The van der Waals surface area contributed by atoms with Gasteiger partial charge in [-0.15, -0.1) is 0 Å². The zero-order valence-electron chi connectivity index (χ0n) is 16.8. The molecule has 2 heterocycles. The van der Waals surface area contributed by atoms with E-state index in [0.29, 0.717) is 11.3 Å². The molecule has 8 nitrogen and oxygen atoms in total. The molecule has 0 aliphatic carbocycles. The van der Waals surface area contributed by atoms with Crippen molar-refractivity contribution in [1.82, 2.24) is 19.5 Å². The van der Waals surface area contributed by atoms with Gasteiger partial charge in [-0.1, -0.05) is 32.9 Å². The van der Waals surface area contributed by atoms with Crippen LogP contribution in [0, 0.1) is 0 Å². The summed E-state index contributed by atoms with van der Waals surface area (Å²) in [4.78, 5) is 36.2. The second kappa shape index (κ2) is 6.84. The van der Waals surface area contributed by atoms with E-state index in [2.05, 4.69) is 35.7 Å². The molecule has 2 aromatic heterocycles. The molecule has 8 heteroatoms. The fourth-order valence-electron chi connectivity index (χ4n) is 3.25. The van der Waals surface area contributed by atoms with Gasteiger partial charge < -0.3 is 15.8 Å². The second-order valence-corrected chi connectivity index (χ2v) is 8.07. The predicted molar refractivity (Wildman–Crippen MR) is 114 cm³/mol. The molecular weight excluding hydrogens is 382 g/mol. The topological polar surface area (TPSA) is 127 Å². The number of phenolic OH excluding ortho intramolecular Hbond substituents is 1. The van der Waals surface area contributed by atoms with Crippen LogP contribution in [0.1, 0.15) is 36.8 Å². The standard InChI is InChI=1S/C22H21N5O3/c1-22(2,3)13-6-8-14(9-7-13)27-20-17(25-21(27)30)16(18(23)29)24-19(26-20)12-4-10-15(28)11-5-12/h4-11,28H,1-3H3,(H2,23,29)(H,25,30). The highest BCUT2D eigenvalue weighted by Gasteiger charge is 2.21. The molecule has 4 aromatic rings. The number of hydrogen-bond acceptors (Lipinski definition) is 5. The van der Waals surface area contributed by atoms with E-state index in [1.54, 1.807) is 12.1 Å². The summed E-state index contributed by atoms with van der Waals surface area (Å²) in [5.74, 6) is -0.471. The molecule has 4 rings (SSSR count). The highest BCUT2D eigenvalue weighted by Crippen LogP contribution is 2.26. The number of carbonyl (C=O) groups excluding carboxylic acids is 1. The van der Waals surface area contributed by atoms with E-state index >= 15 is 0 Å². The highest BCUT2D eigenvalue weighted by atomic mass is 16.3. The minimum Gasteiger partial charge on any atom is -0.508 e. The molecule has 0 aliphatic heterocycles. The quantitative estimate of drug-likeness (QED) is 0.485. The lowest BCUT2D eigenvalue weighted by molar-refractivity contribution is 0.0997. The SMILES string of the molecule is CC(C)(C)c1ccc(-n2c(=O)[nH]c3c(C(N)=O)nc(-c4ccc(O)cc4)nc32)cc1. The maximum Gasteiger partial charge on any atom is 0.332 e. The van der Waals surface area contributed by atoms with E-state index in [4.69, 9.17) is 5.73 Å². The first-order valence-electron chi connectivity index (χ1n) is 9.38. The number of aromatic nitrogens is 4. The maximum absolute atomic E-state index is 12.7. The molecule has 0 bridgehead atoms. The van der Waals surface area contributed by atoms with Crippen molar-refractivity contribution in [3.05, 3.63) is 70.3 Å². The normalized spacial score (nSPS) is 11.7. The van der Waals surface area contributed by atoms with Gasteiger partial charge >= 0.3 is 5.69 Å². The molecule has 0 unspecified atom stereocenters. The van der Waals surface area contributed by atoms with Crippen LogP contribution in [0.5, 0.6) is 5.75 Å². The summed E-state index contributed by atoms with van der Waals surface area (Å²) >= 11 is 0. The molecule has 1 amide bonds. The Labute approximate surface area is 172 Å². The van der Waals surface area contributed by atoms with Crippen LogP contribution in [0.3, 0.4) is 0 Å². The van der Waals surface area contributed by atoms with Gasteiger partial charge in [0.1, 0.15) is 11.3 Å². The van der Waals surface area contributed by atoms with Gasteiger partial charge in [0, 0.05) is 5.56 Å². The number of aromatic amines is 1. The minimum atomic E-state index is -0.779. The number of carbonyl (C=O) groups is 1. The van der Waals surface area contributed by atoms with E-state index in [1.165, 1.54) is 16.7 Å². The van der Waals surface area contributed by atoms with Crippen molar-refractivity contribution in [2.24, 2.45) is 5.73 Å². The van der Waals surface area contributed by atoms with Crippen molar-refractivity contribution in [3.8, 4) is 22.8 Å². The largest absolute Gasteiger partial charge is 0.508 e. The van der Waals surface area contributed by atoms with Crippen LogP contribution in [0.25, 0.3) is 28.2 Å². The molecule has 0 aliphatic rings. The second-order valence-electron chi connectivity index (χ2n) is 8.07. The molecule has 4 N–H and O–H groups in total. The Kier molecular flexibility index (Phi) is 4.42. The lowest BCUT2D eigenvalue weighted by Gasteiger charge is -2.19. The summed E-state index contributed by atoms with van der Waals surface area (Å²) in [6, 6.07) is 13.8. The van der Waals surface area contributed by atoms with Gasteiger partial charge in [-0.3, -0.25) is 4.79 Å². The summed E-state index contributed by atoms with van der Waals surface area (Å²) in [6.07, 6.45) is 0. The predicted octanol–water partition coefficient (Wildman–Crippen LogP) is 2.88. The van der Waals surface area contributed by atoms with Gasteiger partial charge in [-0.2, -0.15) is 0 Å². The summed E-state index contributed by atoms with van der Waals surface area (Å²) < 4.78 is 1.39. The fourth-order valence-corrected chi connectivity index (χ4v) is 3.25. The molecular formula is C22H21N5O3. The summed E-state index contributed by atoms with van der Waals surface area (Å²) in [6.45, 7) is 6.32. The number of imidazole rings is 1.